The molecule has 0 unspecified atom stereocenters. The Kier molecular flexibility index (Phi) is 4.90. The van der Waals surface area contributed by atoms with Gasteiger partial charge in [0.2, 0.25) is 0 Å². The lowest BCUT2D eigenvalue weighted by molar-refractivity contribution is 0.114. The van der Waals surface area contributed by atoms with E-state index in [0.717, 1.165) is 17.4 Å². The highest BCUT2D eigenvalue weighted by Crippen LogP contribution is 2.28. The second-order valence-corrected chi connectivity index (χ2v) is 7.11. The Balaban J connectivity index is 3.07. The Morgan fingerprint density at radius 1 is 1.22 bits per heavy atom. The molecular weight excluding hydrogens is 252 g/mol. The Morgan fingerprint density at radius 2 is 1.83 bits per heavy atom. The van der Waals surface area contributed by atoms with Gasteiger partial charge in [0.1, 0.15) is 9.84 Å². The van der Waals surface area contributed by atoms with Gasteiger partial charge in [-0.15, -0.1) is 0 Å². The van der Waals surface area contributed by atoms with Crippen molar-refractivity contribution in [2.24, 2.45) is 0 Å². The number of rotatable bonds is 6. The molecule has 0 aliphatic carbocycles. The lowest BCUT2D eigenvalue weighted by Gasteiger charge is -2.30. The molecule has 1 aromatic carbocycles. The van der Waals surface area contributed by atoms with Gasteiger partial charge in [-0.1, -0.05) is 29.8 Å². The van der Waals surface area contributed by atoms with Crippen LogP contribution in [0.15, 0.2) is 24.3 Å². The zero-order valence-electron chi connectivity index (χ0n) is 10.8. The first kappa shape index (κ1) is 15.1. The lowest BCUT2D eigenvalue weighted by Crippen LogP contribution is -2.37. The van der Waals surface area contributed by atoms with Gasteiger partial charge in [-0.3, -0.25) is 0 Å². The third-order valence-corrected chi connectivity index (χ3v) is 4.13. The summed E-state index contributed by atoms with van der Waals surface area (Å²) < 4.78 is 22.5. The van der Waals surface area contributed by atoms with Crippen molar-refractivity contribution < 1.29 is 18.6 Å². The van der Waals surface area contributed by atoms with E-state index in [2.05, 4.69) is 0 Å². The minimum atomic E-state index is -3.12. The Morgan fingerprint density at radius 3 is 2.28 bits per heavy atom. The van der Waals surface area contributed by atoms with Gasteiger partial charge >= 0.3 is 0 Å². The summed E-state index contributed by atoms with van der Waals surface area (Å²) in [6, 6.07) is 7.43. The number of hydrogen-bond acceptors (Lipinski definition) is 4. The molecule has 0 spiro atoms. The van der Waals surface area contributed by atoms with Gasteiger partial charge in [-0.25, -0.2) is 8.42 Å². The quantitative estimate of drug-likeness (QED) is 0.797. The van der Waals surface area contributed by atoms with Crippen LogP contribution in [0.1, 0.15) is 17.5 Å². The summed E-state index contributed by atoms with van der Waals surface area (Å²) in [7, 11) is -3.12. The first-order valence-corrected chi connectivity index (χ1v) is 7.86. The van der Waals surface area contributed by atoms with Crippen LogP contribution >= 0.6 is 0 Å². The maximum Gasteiger partial charge on any atom is 0.147 e. The van der Waals surface area contributed by atoms with Crippen LogP contribution in [0.25, 0.3) is 0 Å². The number of benzene rings is 1. The first-order valence-electron chi connectivity index (χ1n) is 5.79. The SMILES string of the molecule is Cc1cccc(C(CO)(CO)CCS(C)(=O)=O)c1. The molecule has 0 atom stereocenters. The van der Waals surface area contributed by atoms with E-state index >= 15 is 0 Å². The minimum Gasteiger partial charge on any atom is -0.395 e. The smallest absolute Gasteiger partial charge is 0.147 e. The fourth-order valence-electron chi connectivity index (χ4n) is 1.89. The highest BCUT2D eigenvalue weighted by atomic mass is 32.2. The van der Waals surface area contributed by atoms with Crippen molar-refractivity contribution in [3.63, 3.8) is 0 Å². The summed E-state index contributed by atoms with van der Waals surface area (Å²) in [5, 5.41) is 19.1. The minimum absolute atomic E-state index is 0.0535. The second-order valence-electron chi connectivity index (χ2n) is 4.85. The molecule has 0 aromatic heterocycles. The first-order chi connectivity index (χ1) is 8.33. The Bertz CT molecular complexity index is 489. The zero-order valence-corrected chi connectivity index (χ0v) is 11.6. The van der Waals surface area contributed by atoms with E-state index in [1.807, 2.05) is 31.2 Å². The van der Waals surface area contributed by atoms with Crippen LogP contribution in [0.4, 0.5) is 0 Å². The van der Waals surface area contributed by atoms with Crippen molar-refractivity contribution in [3.05, 3.63) is 35.4 Å². The standard InChI is InChI=1S/C13H20O4S/c1-11-4-3-5-12(8-11)13(9-14,10-15)6-7-18(2,16)17/h3-5,8,14-15H,6-7,9-10H2,1-2H3. The number of aliphatic hydroxyl groups is 2. The third kappa shape index (κ3) is 3.80. The van der Waals surface area contributed by atoms with Gasteiger partial charge in [0.25, 0.3) is 0 Å². The molecule has 0 aliphatic rings. The van der Waals surface area contributed by atoms with Crippen molar-refractivity contribution in [2.75, 3.05) is 25.2 Å². The topological polar surface area (TPSA) is 74.6 Å². The number of aryl methyl sites for hydroxylation is 1. The summed E-state index contributed by atoms with van der Waals surface area (Å²) in [5.41, 5.74) is 0.893. The molecule has 5 heteroatoms. The molecule has 0 saturated carbocycles. The predicted octanol–water partition coefficient (Wildman–Crippen LogP) is 0.652. The maximum atomic E-state index is 11.2. The summed E-state index contributed by atoms with van der Waals surface area (Å²) in [4.78, 5) is 0. The molecule has 0 radical (unpaired) electrons. The fourth-order valence-corrected chi connectivity index (χ4v) is 2.65. The van der Waals surface area contributed by atoms with Crippen molar-refractivity contribution in [2.45, 2.75) is 18.8 Å². The van der Waals surface area contributed by atoms with Crippen molar-refractivity contribution in [1.29, 1.82) is 0 Å². The molecular formula is C13H20O4S. The highest BCUT2D eigenvalue weighted by Gasteiger charge is 2.32. The Hall–Kier alpha value is -0.910. The van der Waals surface area contributed by atoms with E-state index in [0.29, 0.717) is 0 Å². The van der Waals surface area contributed by atoms with Crippen LogP contribution in [0.3, 0.4) is 0 Å². The molecule has 0 amide bonds. The highest BCUT2D eigenvalue weighted by molar-refractivity contribution is 7.90. The normalized spacial score (nSPS) is 12.7. The summed E-state index contributed by atoms with van der Waals surface area (Å²) in [5.74, 6) is -0.0535. The molecule has 0 saturated heterocycles. The van der Waals surface area contributed by atoms with Gasteiger partial charge in [-0.2, -0.15) is 0 Å². The molecule has 4 nitrogen and oxygen atoms in total. The average molecular weight is 272 g/mol. The van der Waals surface area contributed by atoms with Crippen molar-refractivity contribution in [3.8, 4) is 0 Å². The van der Waals surface area contributed by atoms with Crippen LogP contribution < -0.4 is 0 Å². The molecule has 0 bridgehead atoms. The number of hydrogen-bond donors (Lipinski definition) is 2. The van der Waals surface area contributed by atoms with E-state index in [-0.39, 0.29) is 25.4 Å². The van der Waals surface area contributed by atoms with E-state index in [1.54, 1.807) is 0 Å². The number of sulfone groups is 1. The van der Waals surface area contributed by atoms with Gasteiger partial charge in [-0.05, 0) is 18.9 Å². The largest absolute Gasteiger partial charge is 0.395 e. The summed E-state index contributed by atoms with van der Waals surface area (Å²) in [6.45, 7) is 1.37. The van der Waals surface area contributed by atoms with Crippen LogP contribution in [0.2, 0.25) is 0 Å². The molecule has 0 fully saturated rings. The maximum absolute atomic E-state index is 11.2. The van der Waals surface area contributed by atoms with Crippen molar-refractivity contribution >= 4 is 9.84 Å². The monoisotopic (exact) mass is 272 g/mol. The third-order valence-electron chi connectivity index (χ3n) is 3.19. The fraction of sp³-hybridized carbons (Fsp3) is 0.538. The van der Waals surface area contributed by atoms with Crippen LogP contribution in [-0.2, 0) is 15.3 Å². The lowest BCUT2D eigenvalue weighted by atomic mass is 9.79. The van der Waals surface area contributed by atoms with Gasteiger partial charge in [0.15, 0.2) is 0 Å². The second kappa shape index (κ2) is 5.82. The predicted molar refractivity (Wildman–Crippen MR) is 71.4 cm³/mol. The summed E-state index contributed by atoms with van der Waals surface area (Å²) in [6.07, 6.45) is 1.37. The van der Waals surface area contributed by atoms with Gasteiger partial charge < -0.3 is 10.2 Å². The van der Waals surface area contributed by atoms with E-state index in [1.165, 1.54) is 0 Å². The molecule has 1 rings (SSSR count). The number of aliphatic hydroxyl groups excluding tert-OH is 2. The molecule has 0 heterocycles. The van der Waals surface area contributed by atoms with E-state index < -0.39 is 15.3 Å². The average Bonchev–Trinajstić information content (AvgIpc) is 2.30. The molecule has 1 aromatic rings. The Labute approximate surface area is 108 Å². The summed E-state index contributed by atoms with van der Waals surface area (Å²) >= 11 is 0. The van der Waals surface area contributed by atoms with Crippen LogP contribution in [0.5, 0.6) is 0 Å². The molecule has 2 N–H and O–H groups in total. The van der Waals surface area contributed by atoms with Gasteiger partial charge in [0.05, 0.1) is 19.0 Å². The zero-order chi connectivity index (χ0) is 13.8. The van der Waals surface area contributed by atoms with Crippen molar-refractivity contribution in [1.82, 2.24) is 0 Å². The van der Waals surface area contributed by atoms with E-state index in [4.69, 9.17) is 0 Å². The van der Waals surface area contributed by atoms with Crippen LogP contribution in [0, 0.1) is 6.92 Å². The van der Waals surface area contributed by atoms with Gasteiger partial charge in [0, 0.05) is 11.7 Å². The van der Waals surface area contributed by atoms with E-state index in [9.17, 15) is 18.6 Å². The van der Waals surface area contributed by atoms with Crippen LogP contribution in [-0.4, -0.2) is 43.9 Å². The molecule has 102 valence electrons. The molecule has 0 aliphatic heterocycles. The molecule has 18 heavy (non-hydrogen) atoms.